The first-order chi connectivity index (χ1) is 15.0. The van der Waals surface area contributed by atoms with Crippen molar-refractivity contribution in [2.75, 3.05) is 19.6 Å². The molecule has 1 atom stereocenters. The van der Waals surface area contributed by atoms with Crippen molar-refractivity contribution in [3.05, 3.63) is 106 Å². The van der Waals surface area contributed by atoms with Crippen LogP contribution in [-0.2, 0) is 16.6 Å². The van der Waals surface area contributed by atoms with Gasteiger partial charge in [-0.15, -0.1) is 0 Å². The molecule has 1 saturated heterocycles. The molecule has 0 aromatic heterocycles. The van der Waals surface area contributed by atoms with E-state index < -0.39 is 5.41 Å². The van der Waals surface area contributed by atoms with E-state index in [0.29, 0.717) is 10.0 Å². The van der Waals surface area contributed by atoms with Gasteiger partial charge in [0.1, 0.15) is 5.41 Å². The molecule has 0 spiro atoms. The first-order valence-electron chi connectivity index (χ1n) is 10.6. The van der Waals surface area contributed by atoms with Gasteiger partial charge in [0.2, 0.25) is 5.91 Å². The van der Waals surface area contributed by atoms with Crippen molar-refractivity contribution in [1.82, 2.24) is 4.90 Å². The third-order valence-electron chi connectivity index (χ3n) is 6.43. The van der Waals surface area contributed by atoms with Gasteiger partial charge in [-0.25, -0.2) is 0 Å². The van der Waals surface area contributed by atoms with Crippen molar-refractivity contribution in [1.29, 1.82) is 0 Å². The van der Waals surface area contributed by atoms with Crippen LogP contribution in [0.4, 0.5) is 0 Å². The summed E-state index contributed by atoms with van der Waals surface area (Å²) in [5, 5.41) is 1.16. The van der Waals surface area contributed by atoms with Crippen LogP contribution in [0.2, 0.25) is 10.0 Å². The molecule has 0 radical (unpaired) electrons. The van der Waals surface area contributed by atoms with E-state index in [4.69, 9.17) is 28.9 Å². The van der Waals surface area contributed by atoms with E-state index in [2.05, 4.69) is 4.90 Å². The third kappa shape index (κ3) is 4.36. The average molecular weight is 453 g/mol. The molecule has 1 amide bonds. The Balaban J connectivity index is 1.60. The molecule has 0 bridgehead atoms. The minimum absolute atomic E-state index is 0.101. The number of rotatable bonds is 7. The molecule has 160 valence electrons. The summed E-state index contributed by atoms with van der Waals surface area (Å²) in [5.41, 5.74) is 8.41. The molecule has 1 aliphatic rings. The molecule has 3 aromatic rings. The molecule has 3 nitrogen and oxygen atoms in total. The molecule has 5 heteroatoms. The van der Waals surface area contributed by atoms with Gasteiger partial charge in [0.15, 0.2) is 0 Å². The van der Waals surface area contributed by atoms with Gasteiger partial charge in [-0.3, -0.25) is 4.79 Å². The van der Waals surface area contributed by atoms with Crippen LogP contribution in [-0.4, -0.2) is 30.4 Å². The maximum atomic E-state index is 13.1. The fraction of sp³-hybridized carbons (Fsp3) is 0.269. The van der Waals surface area contributed by atoms with E-state index in [1.165, 1.54) is 0 Å². The number of carbonyl (C=O) groups is 1. The van der Waals surface area contributed by atoms with E-state index in [0.717, 1.165) is 49.2 Å². The topological polar surface area (TPSA) is 46.3 Å². The zero-order chi connectivity index (χ0) is 21.8. The van der Waals surface area contributed by atoms with E-state index in [-0.39, 0.29) is 11.8 Å². The number of hydrogen-bond acceptors (Lipinski definition) is 2. The summed E-state index contributed by atoms with van der Waals surface area (Å²) in [6.07, 6.45) is 1.79. The zero-order valence-corrected chi connectivity index (χ0v) is 18.8. The number of carbonyl (C=O) groups excluding carboxylic acids is 1. The SMILES string of the molecule is NC(=O)C(c1ccccc1)(c1ccccc1)C1CCN(CCc2ccc(Cl)c(Cl)c2)C1. The summed E-state index contributed by atoms with van der Waals surface area (Å²) in [7, 11) is 0. The lowest BCUT2D eigenvalue weighted by atomic mass is 9.64. The second-order valence-corrected chi connectivity index (χ2v) is 9.00. The smallest absolute Gasteiger partial charge is 0.232 e. The molecule has 31 heavy (non-hydrogen) atoms. The molecule has 0 aliphatic carbocycles. The summed E-state index contributed by atoms with van der Waals surface area (Å²) in [6, 6.07) is 25.7. The number of primary amides is 1. The van der Waals surface area contributed by atoms with Gasteiger partial charge in [0.05, 0.1) is 10.0 Å². The van der Waals surface area contributed by atoms with Gasteiger partial charge in [0, 0.05) is 13.1 Å². The zero-order valence-electron chi connectivity index (χ0n) is 17.3. The molecular weight excluding hydrogens is 427 g/mol. The van der Waals surface area contributed by atoms with E-state index in [1.807, 2.05) is 78.9 Å². The molecule has 1 fully saturated rings. The Morgan fingerprint density at radius 3 is 2.10 bits per heavy atom. The predicted molar refractivity (Wildman–Crippen MR) is 128 cm³/mol. The minimum atomic E-state index is -0.846. The normalized spacial score (nSPS) is 17.0. The Morgan fingerprint density at radius 1 is 0.935 bits per heavy atom. The van der Waals surface area contributed by atoms with Crippen LogP contribution in [0.25, 0.3) is 0 Å². The van der Waals surface area contributed by atoms with Gasteiger partial charge in [0.25, 0.3) is 0 Å². The highest BCUT2D eigenvalue weighted by Gasteiger charge is 2.49. The first kappa shape index (κ1) is 21.9. The first-order valence-corrected chi connectivity index (χ1v) is 11.3. The van der Waals surface area contributed by atoms with E-state index in [9.17, 15) is 4.79 Å². The van der Waals surface area contributed by atoms with Crippen LogP contribution in [0.3, 0.4) is 0 Å². The number of amides is 1. The number of likely N-dealkylation sites (tertiary alicyclic amines) is 1. The van der Waals surface area contributed by atoms with Gasteiger partial charge in [-0.1, -0.05) is 89.9 Å². The standard InChI is InChI=1S/C26H26Cl2N2O/c27-23-12-11-19(17-24(23)28)13-15-30-16-14-22(18-30)26(25(29)31,20-7-3-1-4-8-20)21-9-5-2-6-10-21/h1-12,17,22H,13-16,18H2,(H2,29,31). The summed E-state index contributed by atoms with van der Waals surface area (Å²) in [4.78, 5) is 15.6. The van der Waals surface area contributed by atoms with E-state index >= 15 is 0 Å². The van der Waals surface area contributed by atoms with Crippen molar-refractivity contribution in [3.63, 3.8) is 0 Å². The Hall–Kier alpha value is -2.33. The fourth-order valence-electron chi connectivity index (χ4n) is 4.90. The second kappa shape index (κ2) is 9.44. The molecular formula is C26H26Cl2N2O. The molecule has 0 saturated carbocycles. The third-order valence-corrected chi connectivity index (χ3v) is 7.17. The molecule has 4 rings (SSSR count). The van der Waals surface area contributed by atoms with Gasteiger partial charge in [-0.05, 0) is 54.1 Å². The molecule has 1 unspecified atom stereocenters. The maximum absolute atomic E-state index is 13.1. The lowest BCUT2D eigenvalue weighted by Gasteiger charge is -2.37. The quantitative estimate of drug-likeness (QED) is 0.526. The number of hydrogen-bond donors (Lipinski definition) is 1. The number of nitrogens with two attached hydrogens (primary N) is 1. The Morgan fingerprint density at radius 2 is 1.55 bits per heavy atom. The highest BCUT2D eigenvalue weighted by molar-refractivity contribution is 6.42. The number of benzene rings is 3. The average Bonchev–Trinajstić information content (AvgIpc) is 3.25. The van der Waals surface area contributed by atoms with Crippen molar-refractivity contribution in [2.45, 2.75) is 18.3 Å². The summed E-state index contributed by atoms with van der Waals surface area (Å²) in [6.45, 7) is 2.64. The Bertz CT molecular complexity index is 1000. The Kier molecular flexibility index (Phi) is 6.66. The van der Waals surface area contributed by atoms with Gasteiger partial charge in [-0.2, -0.15) is 0 Å². The summed E-state index contributed by atoms with van der Waals surface area (Å²) >= 11 is 12.2. The summed E-state index contributed by atoms with van der Waals surface area (Å²) in [5.74, 6) is -0.190. The van der Waals surface area contributed by atoms with Crippen LogP contribution in [0.15, 0.2) is 78.9 Å². The maximum Gasteiger partial charge on any atom is 0.232 e. The van der Waals surface area contributed by atoms with Gasteiger partial charge < -0.3 is 10.6 Å². The van der Waals surface area contributed by atoms with Crippen molar-refractivity contribution >= 4 is 29.1 Å². The molecule has 2 N–H and O–H groups in total. The van der Waals surface area contributed by atoms with Crippen LogP contribution in [0, 0.1) is 5.92 Å². The highest BCUT2D eigenvalue weighted by atomic mass is 35.5. The number of nitrogens with zero attached hydrogens (tertiary/aromatic N) is 1. The second-order valence-electron chi connectivity index (χ2n) is 8.19. The predicted octanol–water partition coefficient (Wildman–Crippen LogP) is 5.33. The van der Waals surface area contributed by atoms with Crippen LogP contribution < -0.4 is 5.73 Å². The van der Waals surface area contributed by atoms with Crippen LogP contribution >= 0.6 is 23.2 Å². The lowest BCUT2D eigenvalue weighted by Crippen LogP contribution is -2.49. The molecule has 3 aromatic carbocycles. The minimum Gasteiger partial charge on any atom is -0.369 e. The van der Waals surface area contributed by atoms with Crippen molar-refractivity contribution < 1.29 is 4.79 Å². The van der Waals surface area contributed by atoms with Crippen LogP contribution in [0.1, 0.15) is 23.1 Å². The monoisotopic (exact) mass is 452 g/mol. The largest absolute Gasteiger partial charge is 0.369 e. The van der Waals surface area contributed by atoms with E-state index in [1.54, 1.807) is 0 Å². The van der Waals surface area contributed by atoms with Gasteiger partial charge >= 0.3 is 0 Å². The Labute approximate surface area is 193 Å². The van der Waals surface area contributed by atoms with Crippen molar-refractivity contribution in [3.8, 4) is 0 Å². The molecule has 1 aliphatic heterocycles. The van der Waals surface area contributed by atoms with Crippen LogP contribution in [0.5, 0.6) is 0 Å². The fourth-order valence-corrected chi connectivity index (χ4v) is 5.22. The lowest BCUT2D eigenvalue weighted by molar-refractivity contribution is -0.123. The highest BCUT2D eigenvalue weighted by Crippen LogP contribution is 2.43. The van der Waals surface area contributed by atoms with Crippen molar-refractivity contribution in [2.24, 2.45) is 11.7 Å². The number of halogens is 2. The molecule has 1 heterocycles. The summed E-state index contributed by atoms with van der Waals surface area (Å²) < 4.78 is 0.